The van der Waals surface area contributed by atoms with Crippen molar-refractivity contribution in [3.63, 3.8) is 0 Å². The summed E-state index contributed by atoms with van der Waals surface area (Å²) in [7, 11) is 0. The number of hydrogen-bond donors (Lipinski definition) is 0. The minimum absolute atomic E-state index is 0.271. The summed E-state index contributed by atoms with van der Waals surface area (Å²) < 4.78 is 0. The van der Waals surface area contributed by atoms with Gasteiger partial charge in [0.05, 0.1) is 5.69 Å². The summed E-state index contributed by atoms with van der Waals surface area (Å²) in [6.07, 6.45) is 3.09. The van der Waals surface area contributed by atoms with Crippen LogP contribution in [0.5, 0.6) is 0 Å². The third-order valence-electron chi connectivity index (χ3n) is 3.53. The van der Waals surface area contributed by atoms with Gasteiger partial charge in [-0.2, -0.15) is 11.3 Å². The van der Waals surface area contributed by atoms with Crippen molar-refractivity contribution in [2.45, 2.75) is 19.4 Å². The maximum atomic E-state index is 10.7. The van der Waals surface area contributed by atoms with Crippen molar-refractivity contribution in [3.8, 4) is 10.6 Å². The molecule has 1 aliphatic heterocycles. The number of nitrogens with zero attached hydrogens (tertiary/aromatic N) is 2. The van der Waals surface area contributed by atoms with E-state index in [1.165, 1.54) is 5.56 Å². The fraction of sp³-hybridized carbons (Fsp3) is 0.429. The second kappa shape index (κ2) is 5.94. The number of likely N-dealkylation sites (tertiary alicyclic amines) is 1. The molecule has 2 aromatic rings. The van der Waals surface area contributed by atoms with Crippen LogP contribution < -0.4 is 0 Å². The Bertz CT molecular complexity index is 527. The molecule has 5 heteroatoms. The Morgan fingerprint density at radius 3 is 2.89 bits per heavy atom. The maximum Gasteiger partial charge on any atom is 0.124 e. The van der Waals surface area contributed by atoms with Gasteiger partial charge in [0.2, 0.25) is 0 Å². The molecule has 0 N–H and O–H groups in total. The van der Waals surface area contributed by atoms with E-state index in [1.54, 1.807) is 22.7 Å². The highest BCUT2D eigenvalue weighted by Gasteiger charge is 2.19. The first-order valence-corrected chi connectivity index (χ1v) is 8.32. The Labute approximate surface area is 120 Å². The number of aldehydes is 1. The molecule has 3 nitrogen and oxygen atoms in total. The van der Waals surface area contributed by atoms with Gasteiger partial charge in [-0.1, -0.05) is 0 Å². The Morgan fingerprint density at radius 1 is 1.37 bits per heavy atom. The van der Waals surface area contributed by atoms with Crippen LogP contribution in [-0.2, 0) is 11.3 Å². The summed E-state index contributed by atoms with van der Waals surface area (Å²) in [5.41, 5.74) is 2.37. The van der Waals surface area contributed by atoms with Crippen molar-refractivity contribution < 1.29 is 4.79 Å². The topological polar surface area (TPSA) is 33.2 Å². The lowest BCUT2D eigenvalue weighted by atomic mass is 9.99. The van der Waals surface area contributed by atoms with Crippen molar-refractivity contribution in [2.75, 3.05) is 13.1 Å². The Balaban J connectivity index is 1.60. The molecule has 19 heavy (non-hydrogen) atoms. The van der Waals surface area contributed by atoms with Crippen molar-refractivity contribution in [3.05, 3.63) is 27.9 Å². The fourth-order valence-corrected chi connectivity index (χ4v) is 3.90. The van der Waals surface area contributed by atoms with Gasteiger partial charge in [-0.3, -0.25) is 4.90 Å². The largest absolute Gasteiger partial charge is 0.303 e. The monoisotopic (exact) mass is 292 g/mol. The van der Waals surface area contributed by atoms with Crippen LogP contribution >= 0.6 is 22.7 Å². The molecule has 0 unspecified atom stereocenters. The molecule has 1 fully saturated rings. The summed E-state index contributed by atoms with van der Waals surface area (Å²) in [4.78, 5) is 17.8. The third kappa shape index (κ3) is 3.11. The Morgan fingerprint density at radius 2 is 2.21 bits per heavy atom. The van der Waals surface area contributed by atoms with Crippen LogP contribution in [0, 0.1) is 5.92 Å². The first-order chi connectivity index (χ1) is 9.35. The highest BCUT2D eigenvalue weighted by molar-refractivity contribution is 7.14. The van der Waals surface area contributed by atoms with Crippen LogP contribution in [0.25, 0.3) is 10.6 Å². The zero-order valence-corrected chi connectivity index (χ0v) is 12.3. The number of rotatable bonds is 4. The van der Waals surface area contributed by atoms with E-state index in [0.717, 1.165) is 49.5 Å². The van der Waals surface area contributed by atoms with Gasteiger partial charge < -0.3 is 4.79 Å². The fourth-order valence-electron chi connectivity index (χ4n) is 2.37. The average Bonchev–Trinajstić information content (AvgIpc) is 3.10. The quantitative estimate of drug-likeness (QED) is 0.811. The summed E-state index contributed by atoms with van der Waals surface area (Å²) in [5, 5.41) is 7.48. The van der Waals surface area contributed by atoms with E-state index >= 15 is 0 Å². The van der Waals surface area contributed by atoms with Crippen molar-refractivity contribution in [1.82, 2.24) is 9.88 Å². The van der Waals surface area contributed by atoms with Gasteiger partial charge in [0, 0.05) is 28.8 Å². The molecule has 0 aromatic carbocycles. The predicted octanol–water partition coefficient (Wildman–Crippen LogP) is 3.28. The van der Waals surface area contributed by atoms with Gasteiger partial charge in [-0.15, -0.1) is 11.3 Å². The van der Waals surface area contributed by atoms with Crippen molar-refractivity contribution in [2.24, 2.45) is 5.92 Å². The summed E-state index contributed by atoms with van der Waals surface area (Å²) in [6.45, 7) is 2.93. The molecule has 2 aromatic heterocycles. The van der Waals surface area contributed by atoms with Crippen LogP contribution in [0.4, 0.5) is 0 Å². The molecule has 1 aliphatic rings. The molecular weight excluding hydrogens is 276 g/mol. The normalized spacial score (nSPS) is 17.7. The number of thiophene rings is 1. The number of aromatic nitrogens is 1. The van der Waals surface area contributed by atoms with Gasteiger partial charge in [0.25, 0.3) is 0 Å². The second-order valence-electron chi connectivity index (χ2n) is 4.91. The third-order valence-corrected chi connectivity index (χ3v) is 5.15. The molecule has 0 bridgehead atoms. The molecule has 3 heterocycles. The van der Waals surface area contributed by atoms with Crippen LogP contribution in [0.15, 0.2) is 22.2 Å². The minimum Gasteiger partial charge on any atom is -0.303 e. The zero-order valence-electron chi connectivity index (χ0n) is 10.6. The van der Waals surface area contributed by atoms with E-state index < -0.39 is 0 Å². The highest BCUT2D eigenvalue weighted by atomic mass is 32.1. The first kappa shape index (κ1) is 13.0. The van der Waals surface area contributed by atoms with Gasteiger partial charge in [0.1, 0.15) is 11.3 Å². The molecule has 100 valence electrons. The molecule has 0 saturated carbocycles. The van der Waals surface area contributed by atoms with Crippen molar-refractivity contribution >= 4 is 29.0 Å². The lowest BCUT2D eigenvalue weighted by molar-refractivity contribution is -0.112. The summed E-state index contributed by atoms with van der Waals surface area (Å²) in [5.74, 6) is 0.271. The lowest BCUT2D eigenvalue weighted by Crippen LogP contribution is -2.33. The molecule has 0 radical (unpaired) electrons. The average molecular weight is 292 g/mol. The molecule has 0 spiro atoms. The Hall–Kier alpha value is -1.04. The smallest absolute Gasteiger partial charge is 0.124 e. The summed E-state index contributed by atoms with van der Waals surface area (Å²) >= 11 is 3.42. The van der Waals surface area contributed by atoms with Gasteiger partial charge in [-0.05, 0) is 37.4 Å². The Kier molecular flexibility index (Phi) is 4.06. The SMILES string of the molecule is O=CC1CCN(Cc2csc(-c3ccsc3)n2)CC1. The van der Waals surface area contributed by atoms with Crippen LogP contribution in [0.2, 0.25) is 0 Å². The molecule has 0 atom stereocenters. The first-order valence-electron chi connectivity index (χ1n) is 6.50. The second-order valence-corrected chi connectivity index (χ2v) is 6.54. The van der Waals surface area contributed by atoms with Crippen LogP contribution in [-0.4, -0.2) is 29.3 Å². The number of thiazole rings is 1. The van der Waals surface area contributed by atoms with E-state index in [0.29, 0.717) is 0 Å². The lowest BCUT2D eigenvalue weighted by Gasteiger charge is -2.28. The molecule has 0 amide bonds. The highest BCUT2D eigenvalue weighted by Crippen LogP contribution is 2.26. The summed E-state index contributed by atoms with van der Waals surface area (Å²) in [6, 6.07) is 2.11. The number of hydrogen-bond acceptors (Lipinski definition) is 5. The number of carbonyl (C=O) groups excluding carboxylic acids is 1. The van der Waals surface area contributed by atoms with Gasteiger partial charge in [-0.25, -0.2) is 4.98 Å². The maximum absolute atomic E-state index is 10.7. The van der Waals surface area contributed by atoms with Crippen molar-refractivity contribution in [1.29, 1.82) is 0 Å². The molecule has 0 aliphatic carbocycles. The zero-order chi connectivity index (χ0) is 13.1. The van der Waals surface area contributed by atoms with E-state index in [-0.39, 0.29) is 5.92 Å². The van der Waals surface area contributed by atoms with Gasteiger partial charge in [0.15, 0.2) is 0 Å². The van der Waals surface area contributed by atoms with E-state index in [1.807, 2.05) is 0 Å². The molecular formula is C14H16N2OS2. The molecule has 3 rings (SSSR count). The molecule has 1 saturated heterocycles. The predicted molar refractivity (Wildman–Crippen MR) is 79.5 cm³/mol. The number of carbonyl (C=O) groups is 1. The number of piperidine rings is 1. The van der Waals surface area contributed by atoms with Crippen LogP contribution in [0.3, 0.4) is 0 Å². The van der Waals surface area contributed by atoms with E-state index in [4.69, 9.17) is 4.98 Å². The minimum atomic E-state index is 0.271. The standard InChI is InChI=1S/C14H16N2OS2/c17-8-11-1-4-16(5-2-11)7-13-10-19-14(15-13)12-3-6-18-9-12/h3,6,8-11H,1-2,4-5,7H2. The van der Waals surface area contributed by atoms with Gasteiger partial charge >= 0.3 is 0 Å². The van der Waals surface area contributed by atoms with Crippen LogP contribution in [0.1, 0.15) is 18.5 Å². The van der Waals surface area contributed by atoms with E-state index in [2.05, 4.69) is 27.1 Å². The van der Waals surface area contributed by atoms with E-state index in [9.17, 15) is 4.79 Å².